The molecule has 1 saturated heterocycles. The van der Waals surface area contributed by atoms with E-state index in [-0.39, 0.29) is 12.0 Å². The molecule has 1 aliphatic heterocycles. The smallest absolute Gasteiger partial charge is 0.115 e. The average Bonchev–Trinajstić information content (AvgIpc) is 2.61. The molecule has 0 aromatic heterocycles. The van der Waals surface area contributed by atoms with Crippen LogP contribution < -0.4 is 0 Å². The maximum absolute atomic E-state index is 10.0. The summed E-state index contributed by atoms with van der Waals surface area (Å²) in [5, 5.41) is 18.9. The molecule has 2 aliphatic carbocycles. The van der Waals surface area contributed by atoms with Crippen molar-refractivity contribution in [2.75, 3.05) is 32.9 Å². The Hall–Kier alpha value is -1.10. The van der Waals surface area contributed by atoms with Crippen LogP contribution in [-0.4, -0.2) is 54.1 Å². The van der Waals surface area contributed by atoms with Crippen molar-refractivity contribution in [3.05, 3.63) is 29.3 Å². The van der Waals surface area contributed by atoms with Gasteiger partial charge in [-0.15, -0.1) is 0 Å². The highest BCUT2D eigenvalue weighted by Crippen LogP contribution is 2.56. The monoisotopic (exact) mass is 331 g/mol. The van der Waals surface area contributed by atoms with E-state index in [4.69, 9.17) is 9.84 Å². The second-order valence-corrected chi connectivity index (χ2v) is 7.74. The summed E-state index contributed by atoms with van der Waals surface area (Å²) in [7, 11) is 0. The summed E-state index contributed by atoms with van der Waals surface area (Å²) in [5.41, 5.74) is 3.18. The molecule has 0 radical (unpaired) electrons. The maximum Gasteiger partial charge on any atom is 0.115 e. The van der Waals surface area contributed by atoms with Crippen LogP contribution in [0.25, 0.3) is 0 Å². The number of phenols is 1. The van der Waals surface area contributed by atoms with Gasteiger partial charge in [0.15, 0.2) is 0 Å². The Bertz CT molecular complexity index is 590. The van der Waals surface area contributed by atoms with Crippen LogP contribution in [-0.2, 0) is 16.6 Å². The molecule has 4 nitrogen and oxygen atoms in total. The van der Waals surface area contributed by atoms with Gasteiger partial charge in [0.25, 0.3) is 0 Å². The second-order valence-electron chi connectivity index (χ2n) is 7.74. The number of rotatable bonds is 5. The van der Waals surface area contributed by atoms with Crippen LogP contribution >= 0.6 is 0 Å². The zero-order chi connectivity index (χ0) is 16.6. The summed E-state index contributed by atoms with van der Waals surface area (Å²) in [6.45, 7) is 3.34. The van der Waals surface area contributed by atoms with Gasteiger partial charge in [-0.1, -0.05) is 18.9 Å². The summed E-state index contributed by atoms with van der Waals surface area (Å²) in [6.07, 6.45) is 7.55. The Morgan fingerprint density at radius 2 is 2.12 bits per heavy atom. The van der Waals surface area contributed by atoms with Gasteiger partial charge in [0, 0.05) is 18.0 Å². The highest BCUT2D eigenvalue weighted by atomic mass is 16.5. The van der Waals surface area contributed by atoms with E-state index in [1.165, 1.54) is 43.2 Å². The summed E-state index contributed by atoms with van der Waals surface area (Å²) in [4.78, 5) is 2.63. The molecule has 0 spiro atoms. The third-order valence-corrected chi connectivity index (χ3v) is 6.69. The van der Waals surface area contributed by atoms with E-state index in [1.54, 1.807) is 0 Å². The Kier molecular flexibility index (Phi) is 4.54. The van der Waals surface area contributed by atoms with Gasteiger partial charge in [-0.3, -0.25) is 4.90 Å². The first kappa shape index (κ1) is 16.4. The Labute approximate surface area is 144 Å². The molecule has 3 atom stereocenters. The fraction of sp³-hybridized carbons (Fsp3) is 0.700. The van der Waals surface area contributed by atoms with Crippen LogP contribution in [0.2, 0.25) is 0 Å². The van der Waals surface area contributed by atoms with Crippen molar-refractivity contribution in [3.8, 4) is 5.75 Å². The molecule has 1 heterocycles. The number of aliphatic hydroxyl groups is 1. The first-order valence-corrected chi connectivity index (χ1v) is 9.50. The van der Waals surface area contributed by atoms with Crippen LogP contribution in [0.1, 0.15) is 43.2 Å². The molecule has 24 heavy (non-hydrogen) atoms. The lowest BCUT2D eigenvalue weighted by Gasteiger charge is -2.59. The lowest BCUT2D eigenvalue weighted by Crippen LogP contribution is -2.61. The van der Waals surface area contributed by atoms with E-state index >= 15 is 0 Å². The predicted molar refractivity (Wildman–Crippen MR) is 93.3 cm³/mol. The van der Waals surface area contributed by atoms with E-state index < -0.39 is 0 Å². The largest absolute Gasteiger partial charge is 0.508 e. The number of ether oxygens (including phenoxy) is 1. The normalized spacial score (nSPS) is 32.2. The van der Waals surface area contributed by atoms with Gasteiger partial charge in [-0.05, 0) is 61.4 Å². The molecule has 132 valence electrons. The highest BCUT2D eigenvalue weighted by Gasteiger charge is 2.53. The Morgan fingerprint density at radius 1 is 1.21 bits per heavy atom. The van der Waals surface area contributed by atoms with E-state index in [0.29, 0.717) is 30.9 Å². The number of aromatic hydroxyl groups is 1. The number of hydrogen-bond donors (Lipinski definition) is 2. The molecule has 1 aromatic carbocycles. The minimum Gasteiger partial charge on any atom is -0.508 e. The van der Waals surface area contributed by atoms with Crippen molar-refractivity contribution in [1.29, 1.82) is 0 Å². The molecule has 1 saturated carbocycles. The molecule has 2 fully saturated rings. The SMILES string of the molecule is OCCOCCN1CC[C@@]23CCCC[C@H]2[C@@H]1Cc1ccc(O)cc13. The third kappa shape index (κ3) is 2.65. The minimum atomic E-state index is 0.103. The van der Waals surface area contributed by atoms with Crippen LogP contribution in [0.4, 0.5) is 0 Å². The molecule has 4 heteroatoms. The summed E-state index contributed by atoms with van der Waals surface area (Å²) < 4.78 is 5.52. The number of benzene rings is 1. The van der Waals surface area contributed by atoms with Gasteiger partial charge in [0.2, 0.25) is 0 Å². The van der Waals surface area contributed by atoms with Crippen molar-refractivity contribution < 1.29 is 14.9 Å². The molecule has 0 unspecified atom stereocenters. The number of hydrogen-bond acceptors (Lipinski definition) is 4. The Morgan fingerprint density at radius 3 is 3.00 bits per heavy atom. The van der Waals surface area contributed by atoms with Gasteiger partial charge in [-0.25, -0.2) is 0 Å². The standard InChI is InChI=1S/C20H29NO3/c22-10-12-24-11-9-21-8-7-20-6-2-1-3-17(20)19(21)13-15-4-5-16(23)14-18(15)20/h4-5,14,17,19,22-23H,1-3,6-13H2/t17-,19-,20-/m0/s1. The number of aliphatic hydroxyl groups excluding tert-OH is 1. The van der Waals surface area contributed by atoms with Crippen molar-refractivity contribution in [3.63, 3.8) is 0 Å². The number of nitrogens with zero attached hydrogens (tertiary/aromatic N) is 1. The van der Waals surface area contributed by atoms with Crippen LogP contribution in [0, 0.1) is 5.92 Å². The highest BCUT2D eigenvalue weighted by molar-refractivity contribution is 5.45. The topological polar surface area (TPSA) is 52.9 Å². The van der Waals surface area contributed by atoms with Crippen molar-refractivity contribution in [2.45, 2.75) is 50.0 Å². The number of phenolic OH excluding ortho intramolecular Hbond substituents is 1. The van der Waals surface area contributed by atoms with E-state index in [0.717, 1.165) is 19.5 Å². The molecular weight excluding hydrogens is 302 g/mol. The van der Waals surface area contributed by atoms with E-state index in [2.05, 4.69) is 17.0 Å². The maximum atomic E-state index is 10.0. The van der Waals surface area contributed by atoms with Crippen LogP contribution in [0.3, 0.4) is 0 Å². The number of likely N-dealkylation sites (tertiary alicyclic amines) is 1. The minimum absolute atomic E-state index is 0.103. The van der Waals surface area contributed by atoms with E-state index in [1.807, 2.05) is 6.07 Å². The zero-order valence-electron chi connectivity index (χ0n) is 14.4. The molecule has 2 N–H and O–H groups in total. The molecule has 0 amide bonds. The van der Waals surface area contributed by atoms with Crippen molar-refractivity contribution in [2.24, 2.45) is 5.92 Å². The van der Waals surface area contributed by atoms with Gasteiger partial charge in [0.1, 0.15) is 5.75 Å². The van der Waals surface area contributed by atoms with Crippen LogP contribution in [0.15, 0.2) is 18.2 Å². The number of fused-ring (bicyclic) bond motifs is 1. The van der Waals surface area contributed by atoms with Crippen molar-refractivity contribution in [1.82, 2.24) is 4.90 Å². The van der Waals surface area contributed by atoms with Crippen LogP contribution in [0.5, 0.6) is 5.75 Å². The lowest BCUT2D eigenvalue weighted by molar-refractivity contribution is -0.0263. The summed E-state index contributed by atoms with van der Waals surface area (Å²) in [5.74, 6) is 1.14. The van der Waals surface area contributed by atoms with Gasteiger partial charge >= 0.3 is 0 Å². The van der Waals surface area contributed by atoms with E-state index in [9.17, 15) is 5.11 Å². The molecule has 1 aromatic rings. The first-order valence-electron chi connectivity index (χ1n) is 9.50. The van der Waals surface area contributed by atoms with Gasteiger partial charge < -0.3 is 14.9 Å². The summed E-state index contributed by atoms with van der Waals surface area (Å²) in [6, 6.07) is 6.66. The zero-order valence-corrected chi connectivity index (χ0v) is 14.4. The summed E-state index contributed by atoms with van der Waals surface area (Å²) >= 11 is 0. The molecule has 2 bridgehead atoms. The lowest BCUT2D eigenvalue weighted by atomic mass is 9.52. The number of piperidine rings is 1. The predicted octanol–water partition coefficient (Wildman–Crippen LogP) is 2.46. The fourth-order valence-corrected chi connectivity index (χ4v) is 5.70. The fourth-order valence-electron chi connectivity index (χ4n) is 5.70. The van der Waals surface area contributed by atoms with Gasteiger partial charge in [-0.2, -0.15) is 0 Å². The quantitative estimate of drug-likeness (QED) is 0.814. The van der Waals surface area contributed by atoms with Gasteiger partial charge in [0.05, 0.1) is 19.8 Å². The average molecular weight is 331 g/mol. The molecular formula is C20H29NO3. The first-order chi connectivity index (χ1) is 11.7. The second kappa shape index (κ2) is 6.66. The molecule has 3 aliphatic rings. The molecule has 4 rings (SSSR count). The third-order valence-electron chi connectivity index (χ3n) is 6.69. The van der Waals surface area contributed by atoms with Crippen molar-refractivity contribution >= 4 is 0 Å². The Balaban J connectivity index is 1.61.